The van der Waals surface area contributed by atoms with Crippen LogP contribution in [0.4, 0.5) is 0 Å². The first-order chi connectivity index (χ1) is 9.78. The van der Waals surface area contributed by atoms with Crippen molar-refractivity contribution in [3.63, 3.8) is 0 Å². The molecule has 0 bridgehead atoms. The molecule has 0 aliphatic carbocycles. The maximum atomic E-state index is 12.6. The van der Waals surface area contributed by atoms with Crippen LogP contribution in [0.3, 0.4) is 0 Å². The molecule has 0 N–H and O–H groups in total. The van der Waals surface area contributed by atoms with E-state index < -0.39 is 0 Å². The molecular formula is C16H21NO2S. The van der Waals surface area contributed by atoms with Crippen LogP contribution in [0.25, 0.3) is 0 Å². The second-order valence-electron chi connectivity index (χ2n) is 5.43. The van der Waals surface area contributed by atoms with Gasteiger partial charge < -0.3 is 9.64 Å². The maximum Gasteiger partial charge on any atom is 0.264 e. The molecule has 2 unspecified atom stereocenters. The summed E-state index contributed by atoms with van der Waals surface area (Å²) in [6.45, 7) is 3.70. The van der Waals surface area contributed by atoms with Gasteiger partial charge in [0.15, 0.2) is 6.10 Å². The summed E-state index contributed by atoms with van der Waals surface area (Å²) in [5, 5.41) is 0.614. The molecule has 0 aromatic heterocycles. The molecule has 2 aliphatic heterocycles. The summed E-state index contributed by atoms with van der Waals surface area (Å²) < 4.78 is 5.82. The zero-order valence-corrected chi connectivity index (χ0v) is 12.7. The summed E-state index contributed by atoms with van der Waals surface area (Å²) in [7, 11) is 0. The number of carbonyl (C=O) groups is 1. The summed E-state index contributed by atoms with van der Waals surface area (Å²) in [6, 6.07) is 7.96. The van der Waals surface area contributed by atoms with Gasteiger partial charge in [0.2, 0.25) is 0 Å². The van der Waals surface area contributed by atoms with E-state index in [4.69, 9.17) is 4.74 Å². The van der Waals surface area contributed by atoms with Gasteiger partial charge in [-0.15, -0.1) is 0 Å². The van der Waals surface area contributed by atoms with Crippen molar-refractivity contribution < 1.29 is 9.53 Å². The van der Waals surface area contributed by atoms with E-state index in [0.717, 1.165) is 24.4 Å². The number of fused-ring (bicyclic) bond motifs is 1. The van der Waals surface area contributed by atoms with Crippen LogP contribution < -0.4 is 4.74 Å². The fourth-order valence-electron chi connectivity index (χ4n) is 2.93. The lowest BCUT2D eigenvalue weighted by Crippen LogP contribution is -2.43. The van der Waals surface area contributed by atoms with Crippen molar-refractivity contribution in [2.24, 2.45) is 0 Å². The highest BCUT2D eigenvalue weighted by Gasteiger charge is 2.32. The number of hydrogen-bond donors (Lipinski definition) is 0. The van der Waals surface area contributed by atoms with Crippen molar-refractivity contribution in [1.82, 2.24) is 4.90 Å². The van der Waals surface area contributed by atoms with Crippen molar-refractivity contribution in [3.8, 4) is 5.75 Å². The number of thioether (sulfide) groups is 1. The first kappa shape index (κ1) is 13.8. The van der Waals surface area contributed by atoms with Gasteiger partial charge in [0.05, 0.1) is 0 Å². The van der Waals surface area contributed by atoms with Gasteiger partial charge in [-0.1, -0.05) is 18.2 Å². The van der Waals surface area contributed by atoms with Gasteiger partial charge in [-0.05, 0) is 37.1 Å². The van der Waals surface area contributed by atoms with E-state index in [1.165, 1.54) is 18.6 Å². The van der Waals surface area contributed by atoms with Crippen LogP contribution in [0, 0.1) is 0 Å². The topological polar surface area (TPSA) is 29.5 Å². The van der Waals surface area contributed by atoms with E-state index in [9.17, 15) is 4.79 Å². The van der Waals surface area contributed by atoms with Crippen LogP contribution >= 0.6 is 11.8 Å². The third kappa shape index (κ3) is 2.80. The molecule has 4 heteroatoms. The van der Waals surface area contributed by atoms with Crippen molar-refractivity contribution in [2.75, 3.05) is 18.8 Å². The molecule has 1 fully saturated rings. The van der Waals surface area contributed by atoms with Crippen molar-refractivity contribution in [2.45, 2.75) is 37.5 Å². The average molecular weight is 291 g/mol. The monoisotopic (exact) mass is 291 g/mol. The second-order valence-corrected chi connectivity index (χ2v) is 6.84. The third-order valence-electron chi connectivity index (χ3n) is 4.06. The minimum Gasteiger partial charge on any atom is -0.480 e. The Morgan fingerprint density at radius 3 is 3.00 bits per heavy atom. The second kappa shape index (κ2) is 6.08. The Bertz CT molecular complexity index is 460. The number of rotatable bonds is 4. The third-order valence-corrected chi connectivity index (χ3v) is 5.44. The number of amides is 1. The maximum absolute atomic E-state index is 12.6. The lowest BCUT2D eigenvalue weighted by atomic mass is 10.1. The molecule has 3 nitrogen and oxygen atoms in total. The molecule has 0 saturated carbocycles. The van der Waals surface area contributed by atoms with E-state index in [1.54, 1.807) is 0 Å². The standard InChI is InChI=1S/C16H21NO2S/c1-2-17(11-13-7-5-9-20-13)16(18)15-10-12-6-3-4-8-14(12)19-15/h3-4,6,8,13,15H,2,5,7,9-11H2,1H3. The molecular weight excluding hydrogens is 270 g/mol. The number of benzene rings is 1. The fourth-order valence-corrected chi connectivity index (χ4v) is 4.22. The highest BCUT2D eigenvalue weighted by atomic mass is 32.2. The fraction of sp³-hybridized carbons (Fsp3) is 0.562. The smallest absolute Gasteiger partial charge is 0.264 e. The van der Waals surface area contributed by atoms with Crippen LogP contribution in [0.15, 0.2) is 24.3 Å². The van der Waals surface area contributed by atoms with Gasteiger partial charge >= 0.3 is 0 Å². The van der Waals surface area contributed by atoms with Crippen LogP contribution in [-0.2, 0) is 11.2 Å². The van der Waals surface area contributed by atoms with Gasteiger partial charge in [-0.2, -0.15) is 11.8 Å². The molecule has 2 heterocycles. The first-order valence-corrected chi connectivity index (χ1v) is 8.47. The zero-order valence-electron chi connectivity index (χ0n) is 11.9. The van der Waals surface area contributed by atoms with E-state index in [-0.39, 0.29) is 12.0 Å². The molecule has 0 radical (unpaired) electrons. The van der Waals surface area contributed by atoms with Gasteiger partial charge in [-0.25, -0.2) is 0 Å². The molecule has 2 atom stereocenters. The Morgan fingerprint density at radius 2 is 2.30 bits per heavy atom. The number of likely N-dealkylation sites (N-methyl/N-ethyl adjacent to an activating group) is 1. The first-order valence-electron chi connectivity index (χ1n) is 7.43. The molecule has 1 aromatic carbocycles. The molecule has 2 aliphatic rings. The van der Waals surface area contributed by atoms with Crippen molar-refractivity contribution >= 4 is 17.7 Å². The summed E-state index contributed by atoms with van der Waals surface area (Å²) in [6.07, 6.45) is 2.91. The molecule has 1 amide bonds. The largest absolute Gasteiger partial charge is 0.480 e. The molecule has 1 aromatic rings. The van der Waals surface area contributed by atoms with Gasteiger partial charge in [-0.3, -0.25) is 4.79 Å². The van der Waals surface area contributed by atoms with Crippen LogP contribution in [0.1, 0.15) is 25.3 Å². The number of ether oxygens (including phenoxy) is 1. The number of para-hydroxylation sites is 1. The minimum absolute atomic E-state index is 0.149. The highest BCUT2D eigenvalue weighted by molar-refractivity contribution is 8.00. The molecule has 108 valence electrons. The number of nitrogens with zero attached hydrogens (tertiary/aromatic N) is 1. The van der Waals surface area contributed by atoms with Crippen LogP contribution in [0.2, 0.25) is 0 Å². The predicted molar refractivity (Wildman–Crippen MR) is 82.3 cm³/mol. The highest BCUT2D eigenvalue weighted by Crippen LogP contribution is 2.30. The summed E-state index contributed by atoms with van der Waals surface area (Å²) >= 11 is 2.00. The molecule has 20 heavy (non-hydrogen) atoms. The van der Waals surface area contributed by atoms with E-state index >= 15 is 0 Å². The summed E-state index contributed by atoms with van der Waals surface area (Å²) in [5.74, 6) is 2.26. The molecule has 1 saturated heterocycles. The average Bonchev–Trinajstić information content (AvgIpc) is 3.12. The van der Waals surface area contributed by atoms with Crippen LogP contribution in [0.5, 0.6) is 5.75 Å². The van der Waals surface area contributed by atoms with Crippen LogP contribution in [-0.4, -0.2) is 41.0 Å². The van der Waals surface area contributed by atoms with Gasteiger partial charge in [0.1, 0.15) is 5.75 Å². The van der Waals surface area contributed by atoms with Crippen molar-refractivity contribution in [1.29, 1.82) is 0 Å². The molecule has 3 rings (SSSR count). The normalized spacial score (nSPS) is 24.2. The predicted octanol–water partition coefficient (Wildman–Crippen LogP) is 2.73. The Morgan fingerprint density at radius 1 is 1.45 bits per heavy atom. The quantitative estimate of drug-likeness (QED) is 0.854. The molecule has 0 spiro atoms. The Hall–Kier alpha value is -1.16. The lowest BCUT2D eigenvalue weighted by molar-refractivity contribution is -0.137. The minimum atomic E-state index is -0.321. The lowest BCUT2D eigenvalue weighted by Gasteiger charge is -2.26. The Balaban J connectivity index is 1.63. The van der Waals surface area contributed by atoms with E-state index in [2.05, 4.69) is 6.92 Å². The van der Waals surface area contributed by atoms with E-state index in [0.29, 0.717) is 11.7 Å². The summed E-state index contributed by atoms with van der Waals surface area (Å²) in [5.41, 5.74) is 1.15. The van der Waals surface area contributed by atoms with Crippen molar-refractivity contribution in [3.05, 3.63) is 29.8 Å². The van der Waals surface area contributed by atoms with E-state index in [1.807, 2.05) is 40.9 Å². The number of carbonyl (C=O) groups excluding carboxylic acids is 1. The SMILES string of the molecule is CCN(CC1CCCS1)C(=O)C1Cc2ccccc2O1. The summed E-state index contributed by atoms with van der Waals surface area (Å²) in [4.78, 5) is 14.6. The Kier molecular flexibility index (Phi) is 4.20. The van der Waals surface area contributed by atoms with Gasteiger partial charge in [0.25, 0.3) is 5.91 Å². The Labute approximate surface area is 124 Å². The zero-order chi connectivity index (χ0) is 13.9. The number of hydrogen-bond acceptors (Lipinski definition) is 3. The van der Waals surface area contributed by atoms with Gasteiger partial charge in [0, 0.05) is 24.8 Å².